The molecule has 166 valence electrons. The van der Waals surface area contributed by atoms with Crippen LogP contribution in [0.25, 0.3) is 5.57 Å². The number of amides is 3. The van der Waals surface area contributed by atoms with Gasteiger partial charge in [-0.15, -0.1) is 0 Å². The van der Waals surface area contributed by atoms with Crippen LogP contribution >= 0.6 is 0 Å². The van der Waals surface area contributed by atoms with Crippen molar-refractivity contribution in [3.05, 3.63) is 94.9 Å². The van der Waals surface area contributed by atoms with Crippen LogP contribution in [-0.4, -0.2) is 27.6 Å². The van der Waals surface area contributed by atoms with Crippen LogP contribution in [0.1, 0.15) is 29.2 Å². The van der Waals surface area contributed by atoms with Gasteiger partial charge in [-0.05, 0) is 60.4 Å². The second-order valence-electron chi connectivity index (χ2n) is 7.94. The third-order valence-electron chi connectivity index (χ3n) is 5.59. The average Bonchev–Trinajstić information content (AvgIpc) is 3.02. The summed E-state index contributed by atoms with van der Waals surface area (Å²) in [5.74, 6) is -0.969. The number of aryl methyl sites for hydroxylation is 1. The predicted octanol–water partition coefficient (Wildman–Crippen LogP) is 4.05. The topological polar surface area (TPSA) is 91.4 Å². The minimum atomic E-state index is -0.398. The first-order valence-corrected chi connectivity index (χ1v) is 10.6. The standard InChI is InChI=1S/C26H24N4O3/c1-16-6-4-8-22(17(16)2)29-24-23(20-9-11-21(12-10-20)28-18(3)31)25(32)30(26(24)33)15-19-7-5-13-27-14-19/h4-14,29H,15H2,1-3H3,(H,28,31). The van der Waals surface area contributed by atoms with Gasteiger partial charge in [0.25, 0.3) is 11.8 Å². The summed E-state index contributed by atoms with van der Waals surface area (Å²) in [6, 6.07) is 16.2. The number of carbonyl (C=O) groups excluding carboxylic acids is 3. The number of imide groups is 1. The molecule has 0 aliphatic carbocycles. The van der Waals surface area contributed by atoms with Crippen molar-refractivity contribution in [3.8, 4) is 0 Å². The van der Waals surface area contributed by atoms with Crippen molar-refractivity contribution < 1.29 is 14.4 Å². The van der Waals surface area contributed by atoms with Gasteiger partial charge in [0, 0.05) is 30.7 Å². The first-order valence-electron chi connectivity index (χ1n) is 10.6. The minimum absolute atomic E-state index is 0.122. The van der Waals surface area contributed by atoms with E-state index in [2.05, 4.69) is 15.6 Å². The Bertz CT molecular complexity index is 1260. The second kappa shape index (κ2) is 9.08. The van der Waals surface area contributed by atoms with Gasteiger partial charge in [0.1, 0.15) is 5.70 Å². The first kappa shape index (κ1) is 22.0. The highest BCUT2D eigenvalue weighted by Crippen LogP contribution is 2.33. The van der Waals surface area contributed by atoms with Gasteiger partial charge in [0.15, 0.2) is 0 Å². The molecule has 0 saturated carbocycles. The SMILES string of the molecule is CC(=O)Nc1ccc(C2=C(Nc3cccc(C)c3C)C(=O)N(Cc3cccnc3)C2=O)cc1. The van der Waals surface area contributed by atoms with E-state index in [1.807, 2.05) is 38.1 Å². The molecule has 4 rings (SSSR count). The molecule has 7 nitrogen and oxygen atoms in total. The molecule has 0 bridgehead atoms. The number of pyridine rings is 1. The van der Waals surface area contributed by atoms with Crippen molar-refractivity contribution in [2.24, 2.45) is 0 Å². The Kier molecular flexibility index (Phi) is 6.04. The fraction of sp³-hybridized carbons (Fsp3) is 0.154. The van der Waals surface area contributed by atoms with Gasteiger partial charge in [-0.2, -0.15) is 0 Å². The summed E-state index contributed by atoms with van der Waals surface area (Å²) in [5.41, 5.74) is 5.31. The molecule has 1 aliphatic rings. The normalized spacial score (nSPS) is 13.5. The molecule has 3 aromatic rings. The number of nitrogens with zero attached hydrogens (tertiary/aromatic N) is 2. The molecule has 7 heteroatoms. The third kappa shape index (κ3) is 4.52. The van der Waals surface area contributed by atoms with Crippen LogP contribution in [-0.2, 0) is 20.9 Å². The van der Waals surface area contributed by atoms with Crippen molar-refractivity contribution in [1.82, 2.24) is 9.88 Å². The molecule has 0 atom stereocenters. The number of hydrogen-bond donors (Lipinski definition) is 2. The Morgan fingerprint density at radius 2 is 1.73 bits per heavy atom. The maximum atomic E-state index is 13.5. The van der Waals surface area contributed by atoms with Crippen LogP contribution in [0.4, 0.5) is 11.4 Å². The lowest BCUT2D eigenvalue weighted by Gasteiger charge is -2.16. The summed E-state index contributed by atoms with van der Waals surface area (Å²) >= 11 is 0. The molecular weight excluding hydrogens is 416 g/mol. The maximum Gasteiger partial charge on any atom is 0.278 e. The van der Waals surface area contributed by atoms with Crippen LogP contribution < -0.4 is 10.6 Å². The highest BCUT2D eigenvalue weighted by atomic mass is 16.2. The summed E-state index contributed by atoms with van der Waals surface area (Å²) in [5, 5.41) is 5.93. The molecule has 0 spiro atoms. The lowest BCUT2D eigenvalue weighted by Crippen LogP contribution is -2.32. The Balaban J connectivity index is 1.75. The summed E-state index contributed by atoms with van der Waals surface area (Å²) < 4.78 is 0. The van der Waals surface area contributed by atoms with E-state index in [1.54, 1.807) is 42.7 Å². The monoisotopic (exact) mass is 440 g/mol. The summed E-state index contributed by atoms with van der Waals surface area (Å²) in [6.45, 7) is 5.51. The average molecular weight is 441 g/mol. The van der Waals surface area contributed by atoms with Gasteiger partial charge in [-0.3, -0.25) is 24.3 Å². The van der Waals surface area contributed by atoms with Crippen molar-refractivity contribution in [3.63, 3.8) is 0 Å². The van der Waals surface area contributed by atoms with Crippen LogP contribution in [0.3, 0.4) is 0 Å². The van der Waals surface area contributed by atoms with E-state index >= 15 is 0 Å². The molecule has 0 saturated heterocycles. The highest BCUT2D eigenvalue weighted by Gasteiger charge is 2.39. The molecule has 1 aliphatic heterocycles. The van der Waals surface area contributed by atoms with E-state index in [-0.39, 0.29) is 24.1 Å². The molecule has 2 N–H and O–H groups in total. The molecule has 2 aromatic carbocycles. The molecule has 1 aromatic heterocycles. The van der Waals surface area contributed by atoms with Crippen LogP contribution in [0.5, 0.6) is 0 Å². The predicted molar refractivity (Wildman–Crippen MR) is 127 cm³/mol. The summed E-state index contributed by atoms with van der Waals surface area (Å²) in [7, 11) is 0. The lowest BCUT2D eigenvalue weighted by atomic mass is 10.0. The number of benzene rings is 2. The van der Waals surface area contributed by atoms with Crippen LogP contribution in [0.15, 0.2) is 72.7 Å². The Hall–Kier alpha value is -4.26. The van der Waals surface area contributed by atoms with E-state index in [1.165, 1.54) is 11.8 Å². The largest absolute Gasteiger partial charge is 0.350 e. The van der Waals surface area contributed by atoms with Gasteiger partial charge in [-0.1, -0.05) is 30.3 Å². The van der Waals surface area contributed by atoms with E-state index in [9.17, 15) is 14.4 Å². The number of anilines is 2. The van der Waals surface area contributed by atoms with Crippen molar-refractivity contribution in [2.75, 3.05) is 10.6 Å². The van der Waals surface area contributed by atoms with Gasteiger partial charge in [0.05, 0.1) is 12.1 Å². The van der Waals surface area contributed by atoms with Crippen LogP contribution in [0, 0.1) is 13.8 Å². The van der Waals surface area contributed by atoms with Gasteiger partial charge in [0.2, 0.25) is 5.91 Å². The second-order valence-corrected chi connectivity index (χ2v) is 7.94. The van der Waals surface area contributed by atoms with Crippen molar-refractivity contribution in [2.45, 2.75) is 27.3 Å². The Morgan fingerprint density at radius 1 is 0.970 bits per heavy atom. The summed E-state index contributed by atoms with van der Waals surface area (Å²) in [4.78, 5) is 43.5. The number of carbonyl (C=O) groups is 3. The molecule has 0 fully saturated rings. The summed E-state index contributed by atoms with van der Waals surface area (Å²) in [6.07, 6.45) is 3.28. The zero-order valence-electron chi connectivity index (χ0n) is 18.7. The lowest BCUT2D eigenvalue weighted by molar-refractivity contribution is -0.137. The maximum absolute atomic E-state index is 13.5. The van der Waals surface area contributed by atoms with Gasteiger partial charge in [-0.25, -0.2) is 0 Å². The van der Waals surface area contributed by atoms with Crippen molar-refractivity contribution in [1.29, 1.82) is 0 Å². The molecule has 0 unspecified atom stereocenters. The Labute approximate surface area is 192 Å². The molecular formula is C26H24N4O3. The number of hydrogen-bond acceptors (Lipinski definition) is 5. The quantitative estimate of drug-likeness (QED) is 0.565. The smallest absolute Gasteiger partial charge is 0.278 e. The zero-order valence-corrected chi connectivity index (χ0v) is 18.7. The zero-order chi connectivity index (χ0) is 23.5. The highest BCUT2D eigenvalue weighted by molar-refractivity contribution is 6.36. The van der Waals surface area contributed by atoms with E-state index < -0.39 is 5.91 Å². The Morgan fingerprint density at radius 3 is 2.39 bits per heavy atom. The fourth-order valence-electron chi connectivity index (χ4n) is 3.72. The number of nitrogens with one attached hydrogen (secondary N) is 2. The third-order valence-corrected chi connectivity index (χ3v) is 5.59. The first-order chi connectivity index (χ1) is 15.8. The molecule has 0 radical (unpaired) electrons. The fourth-order valence-corrected chi connectivity index (χ4v) is 3.72. The number of aromatic nitrogens is 1. The van der Waals surface area contributed by atoms with E-state index in [0.29, 0.717) is 16.8 Å². The van der Waals surface area contributed by atoms with Crippen molar-refractivity contribution >= 4 is 34.7 Å². The van der Waals surface area contributed by atoms with Gasteiger partial charge < -0.3 is 10.6 Å². The molecule has 2 heterocycles. The molecule has 3 amide bonds. The van der Waals surface area contributed by atoms with Gasteiger partial charge >= 0.3 is 0 Å². The number of rotatable bonds is 6. The minimum Gasteiger partial charge on any atom is -0.350 e. The molecule has 33 heavy (non-hydrogen) atoms. The van der Waals surface area contributed by atoms with E-state index in [0.717, 1.165) is 22.4 Å². The van der Waals surface area contributed by atoms with E-state index in [4.69, 9.17) is 0 Å². The van der Waals surface area contributed by atoms with Crippen LogP contribution in [0.2, 0.25) is 0 Å².